The smallest absolute Gasteiger partial charge is 0.258 e. The minimum Gasteiger partial charge on any atom is -0.322 e. The van der Waals surface area contributed by atoms with Gasteiger partial charge >= 0.3 is 0 Å². The van der Waals surface area contributed by atoms with Crippen molar-refractivity contribution in [3.63, 3.8) is 0 Å². The van der Waals surface area contributed by atoms with Crippen molar-refractivity contribution in [3.05, 3.63) is 108 Å². The van der Waals surface area contributed by atoms with Crippen LogP contribution in [0.5, 0.6) is 0 Å². The lowest BCUT2D eigenvalue weighted by molar-refractivity contribution is 0.102. The third kappa shape index (κ3) is 4.72. The SMILES string of the molecule is CC/C=C/n1c(-c2ccc(F)cc2)c(-c2ccccc2)c(C(=O)Nc2ccccc2)c1C(C)C. The van der Waals surface area contributed by atoms with Gasteiger partial charge in [-0.2, -0.15) is 0 Å². The maximum absolute atomic E-state index is 13.8. The summed E-state index contributed by atoms with van der Waals surface area (Å²) in [5.41, 5.74) is 5.78. The van der Waals surface area contributed by atoms with Gasteiger partial charge < -0.3 is 9.88 Å². The molecule has 4 heteroatoms. The zero-order valence-corrected chi connectivity index (χ0v) is 19.8. The molecule has 1 aromatic heterocycles. The number of allylic oxidation sites excluding steroid dienone is 1. The van der Waals surface area contributed by atoms with Gasteiger partial charge in [0.15, 0.2) is 0 Å². The molecule has 0 spiro atoms. The van der Waals surface area contributed by atoms with Gasteiger partial charge in [-0.1, -0.05) is 75.4 Å². The second-order valence-electron chi connectivity index (χ2n) is 8.49. The van der Waals surface area contributed by atoms with Crippen LogP contribution in [0.3, 0.4) is 0 Å². The summed E-state index contributed by atoms with van der Waals surface area (Å²) >= 11 is 0. The molecule has 0 saturated heterocycles. The Morgan fingerprint density at radius 3 is 2.12 bits per heavy atom. The quantitative estimate of drug-likeness (QED) is 0.301. The summed E-state index contributed by atoms with van der Waals surface area (Å²) in [6.07, 6.45) is 4.96. The number of aromatic nitrogens is 1. The lowest BCUT2D eigenvalue weighted by atomic mass is 9.94. The first-order valence-corrected chi connectivity index (χ1v) is 11.6. The van der Waals surface area contributed by atoms with Crippen molar-refractivity contribution in [1.29, 1.82) is 0 Å². The van der Waals surface area contributed by atoms with E-state index in [0.717, 1.165) is 40.2 Å². The number of carbonyl (C=O) groups is 1. The Kier molecular flexibility index (Phi) is 7.07. The number of benzene rings is 3. The van der Waals surface area contributed by atoms with Gasteiger partial charge in [0.05, 0.1) is 11.3 Å². The largest absolute Gasteiger partial charge is 0.322 e. The highest BCUT2D eigenvalue weighted by Gasteiger charge is 2.29. The predicted molar refractivity (Wildman–Crippen MR) is 139 cm³/mol. The molecule has 0 saturated carbocycles. The van der Waals surface area contributed by atoms with Crippen molar-refractivity contribution in [2.45, 2.75) is 33.1 Å². The van der Waals surface area contributed by atoms with E-state index in [2.05, 4.69) is 36.7 Å². The van der Waals surface area contributed by atoms with Crippen molar-refractivity contribution < 1.29 is 9.18 Å². The number of para-hydroxylation sites is 1. The maximum atomic E-state index is 13.8. The van der Waals surface area contributed by atoms with E-state index in [4.69, 9.17) is 0 Å². The van der Waals surface area contributed by atoms with Gasteiger partial charge in [-0.15, -0.1) is 0 Å². The van der Waals surface area contributed by atoms with Crippen molar-refractivity contribution >= 4 is 17.8 Å². The molecule has 1 heterocycles. The maximum Gasteiger partial charge on any atom is 0.258 e. The first-order chi connectivity index (χ1) is 16.5. The summed E-state index contributed by atoms with van der Waals surface area (Å²) in [5.74, 6) is -0.395. The third-order valence-corrected chi connectivity index (χ3v) is 5.72. The van der Waals surface area contributed by atoms with Gasteiger partial charge in [0.1, 0.15) is 5.82 Å². The lowest BCUT2D eigenvalue weighted by Gasteiger charge is -2.14. The molecule has 0 radical (unpaired) electrons. The minimum atomic E-state index is -0.293. The molecule has 0 atom stereocenters. The van der Waals surface area contributed by atoms with E-state index in [1.54, 1.807) is 12.1 Å². The van der Waals surface area contributed by atoms with Crippen LogP contribution >= 0.6 is 0 Å². The fourth-order valence-corrected chi connectivity index (χ4v) is 4.26. The molecule has 0 aliphatic rings. The molecule has 1 amide bonds. The average molecular weight is 453 g/mol. The second-order valence-corrected chi connectivity index (χ2v) is 8.49. The fourth-order valence-electron chi connectivity index (χ4n) is 4.26. The molecule has 4 aromatic rings. The molecule has 3 aromatic carbocycles. The van der Waals surface area contributed by atoms with Crippen LogP contribution in [0.4, 0.5) is 10.1 Å². The molecular formula is C30H29FN2O. The molecule has 0 bridgehead atoms. The van der Waals surface area contributed by atoms with Crippen LogP contribution < -0.4 is 5.32 Å². The van der Waals surface area contributed by atoms with E-state index >= 15 is 0 Å². The van der Waals surface area contributed by atoms with Gasteiger partial charge in [0.25, 0.3) is 5.91 Å². The Morgan fingerprint density at radius 2 is 1.53 bits per heavy atom. The first-order valence-electron chi connectivity index (χ1n) is 11.6. The molecule has 0 aliphatic heterocycles. The third-order valence-electron chi connectivity index (χ3n) is 5.72. The Hall–Kier alpha value is -3.92. The number of anilines is 1. The van der Waals surface area contributed by atoms with Crippen molar-refractivity contribution in [2.24, 2.45) is 0 Å². The molecule has 0 unspecified atom stereocenters. The highest BCUT2D eigenvalue weighted by molar-refractivity contribution is 6.12. The molecule has 4 rings (SSSR count). The fraction of sp³-hybridized carbons (Fsp3) is 0.167. The zero-order chi connectivity index (χ0) is 24.1. The number of rotatable bonds is 7. The highest BCUT2D eigenvalue weighted by atomic mass is 19.1. The normalized spacial score (nSPS) is 11.3. The minimum absolute atomic E-state index is 0.0645. The molecule has 172 valence electrons. The average Bonchev–Trinajstić information content (AvgIpc) is 3.20. The van der Waals surface area contributed by atoms with Gasteiger partial charge in [-0.25, -0.2) is 4.39 Å². The van der Waals surface area contributed by atoms with Crippen molar-refractivity contribution in [3.8, 4) is 22.4 Å². The number of nitrogens with one attached hydrogen (secondary N) is 1. The molecule has 0 fully saturated rings. The van der Waals surface area contributed by atoms with Crippen LogP contribution in [0.2, 0.25) is 0 Å². The van der Waals surface area contributed by atoms with E-state index in [9.17, 15) is 9.18 Å². The topological polar surface area (TPSA) is 34.0 Å². The number of amides is 1. The highest BCUT2D eigenvalue weighted by Crippen LogP contribution is 2.42. The summed E-state index contributed by atoms with van der Waals surface area (Å²) < 4.78 is 15.9. The van der Waals surface area contributed by atoms with Crippen LogP contribution in [0.1, 0.15) is 49.2 Å². The number of hydrogen-bond donors (Lipinski definition) is 1. The Morgan fingerprint density at radius 1 is 0.912 bits per heavy atom. The molecule has 3 nitrogen and oxygen atoms in total. The van der Waals surface area contributed by atoms with E-state index in [1.807, 2.05) is 66.9 Å². The molecule has 0 aliphatic carbocycles. The zero-order valence-electron chi connectivity index (χ0n) is 19.8. The Bertz CT molecular complexity index is 1290. The monoisotopic (exact) mass is 452 g/mol. The van der Waals surface area contributed by atoms with Crippen LogP contribution in [0, 0.1) is 5.82 Å². The van der Waals surface area contributed by atoms with Gasteiger partial charge in [0, 0.05) is 23.1 Å². The van der Waals surface area contributed by atoms with Crippen LogP contribution in [-0.4, -0.2) is 10.5 Å². The van der Waals surface area contributed by atoms with E-state index in [-0.39, 0.29) is 17.6 Å². The van der Waals surface area contributed by atoms with Gasteiger partial charge in [-0.05, 0) is 59.9 Å². The van der Waals surface area contributed by atoms with E-state index in [0.29, 0.717) is 5.56 Å². The van der Waals surface area contributed by atoms with Crippen LogP contribution in [-0.2, 0) is 0 Å². The summed E-state index contributed by atoms with van der Waals surface area (Å²) in [6.45, 7) is 6.26. The molecule has 34 heavy (non-hydrogen) atoms. The molecular weight excluding hydrogens is 423 g/mol. The summed E-state index contributed by atoms with van der Waals surface area (Å²) in [5, 5.41) is 3.08. The summed E-state index contributed by atoms with van der Waals surface area (Å²) in [7, 11) is 0. The van der Waals surface area contributed by atoms with Crippen molar-refractivity contribution in [2.75, 3.05) is 5.32 Å². The number of carbonyl (C=O) groups excluding carboxylic acids is 1. The standard InChI is InChI=1S/C30H29FN2O/c1-4-5-20-33-28(21(2)3)27(30(34)32-25-14-10-7-11-15-25)26(22-12-8-6-9-13-22)29(33)23-16-18-24(31)19-17-23/h5-21H,4H2,1-3H3,(H,32,34)/b20-5+. The number of nitrogens with zero attached hydrogens (tertiary/aromatic N) is 1. The summed E-state index contributed by atoms with van der Waals surface area (Å²) in [4.78, 5) is 13.8. The summed E-state index contributed by atoms with van der Waals surface area (Å²) in [6, 6.07) is 25.9. The number of hydrogen-bond acceptors (Lipinski definition) is 1. The van der Waals surface area contributed by atoms with Gasteiger partial charge in [-0.3, -0.25) is 4.79 Å². The molecule has 1 N–H and O–H groups in total. The van der Waals surface area contributed by atoms with E-state index < -0.39 is 0 Å². The second kappa shape index (κ2) is 10.3. The predicted octanol–water partition coefficient (Wildman–Crippen LogP) is 8.22. The van der Waals surface area contributed by atoms with Crippen LogP contribution in [0.15, 0.2) is 91.0 Å². The van der Waals surface area contributed by atoms with Gasteiger partial charge in [0.2, 0.25) is 0 Å². The van der Waals surface area contributed by atoms with Crippen molar-refractivity contribution in [1.82, 2.24) is 4.57 Å². The van der Waals surface area contributed by atoms with E-state index in [1.165, 1.54) is 12.1 Å². The lowest BCUT2D eigenvalue weighted by Crippen LogP contribution is -2.15. The Balaban J connectivity index is 2.06. The number of halogens is 1. The first kappa shape index (κ1) is 23.2. The van der Waals surface area contributed by atoms with Crippen LogP contribution in [0.25, 0.3) is 28.6 Å². The Labute approximate surface area is 200 Å².